The number of rotatable bonds is 4. The van der Waals surface area contributed by atoms with Crippen LogP contribution in [0.1, 0.15) is 56.2 Å². The maximum Gasteiger partial charge on any atom is 0.222 e. The summed E-state index contributed by atoms with van der Waals surface area (Å²) >= 11 is 0. The predicted molar refractivity (Wildman–Crippen MR) is 94.3 cm³/mol. The molecule has 1 aromatic carbocycles. The second kappa shape index (κ2) is 7.81. The van der Waals surface area contributed by atoms with Gasteiger partial charge in [0.15, 0.2) is 0 Å². The predicted octanol–water partition coefficient (Wildman–Crippen LogP) is 3.34. The van der Waals surface area contributed by atoms with E-state index in [0.29, 0.717) is 17.9 Å². The van der Waals surface area contributed by atoms with Gasteiger partial charge in [0.1, 0.15) is 0 Å². The molecule has 2 heterocycles. The van der Waals surface area contributed by atoms with Crippen LogP contribution < -0.4 is 0 Å². The fourth-order valence-corrected chi connectivity index (χ4v) is 3.94. The van der Waals surface area contributed by atoms with Crippen LogP contribution in [0.15, 0.2) is 24.3 Å². The molecule has 1 aromatic rings. The molecule has 1 amide bonds. The zero-order valence-electron chi connectivity index (χ0n) is 14.6. The normalized spacial score (nSPS) is 21.5. The molecule has 2 saturated heterocycles. The van der Waals surface area contributed by atoms with Gasteiger partial charge in [0.05, 0.1) is 11.6 Å². The highest BCUT2D eigenvalue weighted by atomic mass is 16.2. The Balaban J connectivity index is 1.50. The Hall–Kier alpha value is -1.86. The van der Waals surface area contributed by atoms with Crippen molar-refractivity contribution < 1.29 is 4.79 Å². The van der Waals surface area contributed by atoms with Gasteiger partial charge in [0, 0.05) is 25.6 Å². The minimum atomic E-state index is 0.356. The topological polar surface area (TPSA) is 47.3 Å². The summed E-state index contributed by atoms with van der Waals surface area (Å²) < 4.78 is 0. The molecule has 0 radical (unpaired) electrons. The van der Waals surface area contributed by atoms with Crippen molar-refractivity contribution >= 4 is 5.91 Å². The van der Waals surface area contributed by atoms with Crippen LogP contribution in [-0.4, -0.2) is 41.9 Å². The Bertz CT molecular complexity index is 596. The molecule has 0 spiro atoms. The number of benzene rings is 1. The zero-order valence-corrected chi connectivity index (χ0v) is 14.6. The third kappa shape index (κ3) is 3.96. The largest absolute Gasteiger partial charge is 0.342 e. The number of carbonyl (C=O) groups is 1. The fourth-order valence-electron chi connectivity index (χ4n) is 3.94. The van der Waals surface area contributed by atoms with Gasteiger partial charge < -0.3 is 4.90 Å². The monoisotopic (exact) mass is 325 g/mol. The summed E-state index contributed by atoms with van der Waals surface area (Å²) in [6.45, 7) is 6.34. The molecule has 0 aromatic heterocycles. The second-order valence-electron chi connectivity index (χ2n) is 7.19. The Morgan fingerprint density at radius 2 is 1.88 bits per heavy atom. The SMILES string of the molecule is C[C@H](c1ccc(C#N)cc1)N1CCC(CN2CCCCC2=O)CC1. The van der Waals surface area contributed by atoms with Crippen LogP contribution in [0.5, 0.6) is 0 Å². The molecule has 2 fully saturated rings. The first kappa shape index (κ1) is 17.0. The van der Waals surface area contributed by atoms with Gasteiger partial charge in [0.25, 0.3) is 0 Å². The molecule has 2 aliphatic heterocycles. The fraction of sp³-hybridized carbons (Fsp3) is 0.600. The van der Waals surface area contributed by atoms with E-state index in [2.05, 4.69) is 34.9 Å². The zero-order chi connectivity index (χ0) is 16.9. The van der Waals surface area contributed by atoms with Crippen molar-refractivity contribution in [1.29, 1.82) is 5.26 Å². The van der Waals surface area contributed by atoms with E-state index in [1.807, 2.05) is 12.1 Å². The molecule has 0 unspecified atom stereocenters. The van der Waals surface area contributed by atoms with E-state index in [-0.39, 0.29) is 0 Å². The molecule has 4 heteroatoms. The highest BCUT2D eigenvalue weighted by Gasteiger charge is 2.27. The summed E-state index contributed by atoms with van der Waals surface area (Å²) in [4.78, 5) is 16.6. The average Bonchev–Trinajstić information content (AvgIpc) is 2.64. The summed E-state index contributed by atoms with van der Waals surface area (Å²) in [6.07, 6.45) is 5.32. The molecule has 128 valence electrons. The summed E-state index contributed by atoms with van der Waals surface area (Å²) in [5.41, 5.74) is 1.99. The molecular weight excluding hydrogens is 298 g/mol. The lowest BCUT2D eigenvalue weighted by atomic mass is 9.93. The van der Waals surface area contributed by atoms with Crippen LogP contribution in [0.25, 0.3) is 0 Å². The maximum absolute atomic E-state index is 12.0. The van der Waals surface area contributed by atoms with Gasteiger partial charge in [-0.3, -0.25) is 9.69 Å². The minimum absolute atomic E-state index is 0.356. The summed E-state index contributed by atoms with van der Waals surface area (Å²) in [5.74, 6) is 1.01. The van der Waals surface area contributed by atoms with Crippen molar-refractivity contribution in [2.75, 3.05) is 26.2 Å². The summed E-state index contributed by atoms with van der Waals surface area (Å²) in [7, 11) is 0. The van der Waals surface area contributed by atoms with E-state index in [4.69, 9.17) is 5.26 Å². The molecule has 0 saturated carbocycles. The molecule has 1 atom stereocenters. The van der Waals surface area contributed by atoms with Crippen molar-refractivity contribution in [2.24, 2.45) is 5.92 Å². The van der Waals surface area contributed by atoms with Gasteiger partial charge in [-0.05, 0) is 69.3 Å². The Labute approximate surface area is 145 Å². The molecule has 3 rings (SSSR count). The summed E-state index contributed by atoms with van der Waals surface area (Å²) in [5, 5.41) is 8.91. The van der Waals surface area contributed by atoms with E-state index in [1.165, 1.54) is 24.8 Å². The first-order valence-electron chi connectivity index (χ1n) is 9.19. The number of hydrogen-bond donors (Lipinski definition) is 0. The van der Waals surface area contributed by atoms with E-state index in [9.17, 15) is 4.79 Å². The lowest BCUT2D eigenvalue weighted by Gasteiger charge is -2.38. The smallest absolute Gasteiger partial charge is 0.222 e. The van der Waals surface area contributed by atoms with Gasteiger partial charge in [-0.25, -0.2) is 0 Å². The number of hydrogen-bond acceptors (Lipinski definition) is 3. The Morgan fingerprint density at radius 3 is 2.50 bits per heavy atom. The molecule has 24 heavy (non-hydrogen) atoms. The van der Waals surface area contributed by atoms with Gasteiger partial charge in [0.2, 0.25) is 5.91 Å². The quantitative estimate of drug-likeness (QED) is 0.853. The molecule has 0 N–H and O–H groups in total. The molecular formula is C20H27N3O. The highest BCUT2D eigenvalue weighted by molar-refractivity contribution is 5.76. The van der Waals surface area contributed by atoms with Gasteiger partial charge in [-0.2, -0.15) is 5.26 Å². The second-order valence-corrected chi connectivity index (χ2v) is 7.19. The molecule has 0 bridgehead atoms. The third-order valence-electron chi connectivity index (χ3n) is 5.62. The number of amides is 1. The van der Waals surface area contributed by atoms with Crippen molar-refractivity contribution in [3.8, 4) is 6.07 Å². The first-order valence-corrected chi connectivity index (χ1v) is 9.19. The van der Waals surface area contributed by atoms with Crippen LogP contribution in [0.3, 0.4) is 0 Å². The minimum Gasteiger partial charge on any atom is -0.342 e. The van der Waals surface area contributed by atoms with Crippen LogP contribution in [0, 0.1) is 17.2 Å². The molecule has 0 aliphatic carbocycles. The Kier molecular flexibility index (Phi) is 5.52. The van der Waals surface area contributed by atoms with E-state index in [1.54, 1.807) is 0 Å². The molecule has 4 nitrogen and oxygen atoms in total. The lowest BCUT2D eigenvalue weighted by Crippen LogP contribution is -2.43. The van der Waals surface area contributed by atoms with E-state index in [0.717, 1.165) is 44.6 Å². The highest BCUT2D eigenvalue weighted by Crippen LogP contribution is 2.27. The van der Waals surface area contributed by atoms with Gasteiger partial charge >= 0.3 is 0 Å². The maximum atomic E-state index is 12.0. The summed E-state index contributed by atoms with van der Waals surface area (Å²) in [6, 6.07) is 10.5. The first-order chi connectivity index (χ1) is 11.7. The van der Waals surface area contributed by atoms with Crippen LogP contribution in [0.2, 0.25) is 0 Å². The number of likely N-dealkylation sites (tertiary alicyclic amines) is 2. The Morgan fingerprint density at radius 1 is 1.17 bits per heavy atom. The van der Waals surface area contributed by atoms with Crippen LogP contribution in [0.4, 0.5) is 0 Å². The van der Waals surface area contributed by atoms with E-state index >= 15 is 0 Å². The number of carbonyl (C=O) groups excluding carboxylic acids is 1. The van der Waals surface area contributed by atoms with Gasteiger partial charge in [-0.15, -0.1) is 0 Å². The number of nitriles is 1. The lowest BCUT2D eigenvalue weighted by molar-refractivity contribution is -0.134. The van der Waals surface area contributed by atoms with Crippen LogP contribution in [-0.2, 0) is 4.79 Å². The number of piperidine rings is 2. The van der Waals surface area contributed by atoms with Crippen LogP contribution >= 0.6 is 0 Å². The third-order valence-corrected chi connectivity index (χ3v) is 5.62. The van der Waals surface area contributed by atoms with Crippen molar-refractivity contribution in [3.63, 3.8) is 0 Å². The average molecular weight is 325 g/mol. The standard InChI is InChI=1S/C20H27N3O/c1-16(19-7-5-17(14-21)6-8-19)22-12-9-18(10-13-22)15-23-11-3-2-4-20(23)24/h5-8,16,18H,2-4,9-13,15H2,1H3/t16-/m1/s1. The van der Waals surface area contributed by atoms with E-state index < -0.39 is 0 Å². The molecule has 2 aliphatic rings. The number of nitrogens with zero attached hydrogens (tertiary/aromatic N) is 3. The van der Waals surface area contributed by atoms with Crippen molar-refractivity contribution in [3.05, 3.63) is 35.4 Å². The van der Waals surface area contributed by atoms with Crippen molar-refractivity contribution in [1.82, 2.24) is 9.80 Å². The van der Waals surface area contributed by atoms with Crippen molar-refractivity contribution in [2.45, 2.75) is 45.1 Å². The van der Waals surface area contributed by atoms with Gasteiger partial charge in [-0.1, -0.05) is 12.1 Å².